The summed E-state index contributed by atoms with van der Waals surface area (Å²) in [6, 6.07) is 0. The van der Waals surface area contributed by atoms with Crippen molar-refractivity contribution < 1.29 is 8.42 Å². The number of halogens is 1. The van der Waals surface area contributed by atoms with Crippen LogP contribution in [0, 0.1) is 5.92 Å². The third-order valence-corrected chi connectivity index (χ3v) is 7.30. The van der Waals surface area contributed by atoms with Crippen LogP contribution in [0.15, 0.2) is 0 Å². The van der Waals surface area contributed by atoms with Crippen molar-refractivity contribution in [3.8, 4) is 0 Å². The first-order valence-corrected chi connectivity index (χ1v) is 9.58. The van der Waals surface area contributed by atoms with Crippen LogP contribution < -0.4 is 5.32 Å². The molecule has 0 aromatic rings. The second-order valence-corrected chi connectivity index (χ2v) is 8.75. The number of rotatable bonds is 4. The summed E-state index contributed by atoms with van der Waals surface area (Å²) in [5.74, 6) is 0.706. The Kier molecular flexibility index (Phi) is 6.32. The fourth-order valence-electron chi connectivity index (χ4n) is 3.80. The molecule has 21 heavy (non-hydrogen) atoms. The summed E-state index contributed by atoms with van der Waals surface area (Å²) < 4.78 is 26.8. The highest BCUT2D eigenvalue weighted by atomic mass is 35.5. The lowest BCUT2D eigenvalue weighted by molar-refractivity contribution is 0.244. The number of nitrogens with one attached hydrogen (secondary N) is 1. The van der Waals surface area contributed by atoms with E-state index in [1.54, 1.807) is 4.31 Å². The van der Waals surface area contributed by atoms with Crippen molar-refractivity contribution in [3.63, 3.8) is 0 Å². The van der Waals surface area contributed by atoms with Gasteiger partial charge in [-0.05, 0) is 57.7 Å². The Hall–Kier alpha value is 0.120. The molecule has 3 fully saturated rings. The van der Waals surface area contributed by atoms with Crippen molar-refractivity contribution in [1.82, 2.24) is 14.5 Å². The Morgan fingerprint density at radius 3 is 2.48 bits per heavy atom. The molecule has 0 aromatic carbocycles. The van der Waals surface area contributed by atoms with Crippen molar-refractivity contribution in [3.05, 3.63) is 0 Å². The first kappa shape index (κ1) is 17.5. The minimum Gasteiger partial charge on any atom is -0.316 e. The maximum absolute atomic E-state index is 12.6. The maximum atomic E-state index is 12.6. The molecule has 0 amide bonds. The van der Waals surface area contributed by atoms with Gasteiger partial charge in [0.2, 0.25) is 10.0 Å². The van der Waals surface area contributed by atoms with Crippen LogP contribution in [0.4, 0.5) is 0 Å². The van der Waals surface area contributed by atoms with Gasteiger partial charge in [-0.25, -0.2) is 12.7 Å². The van der Waals surface area contributed by atoms with Crippen LogP contribution in [0.1, 0.15) is 32.1 Å². The number of nitrogens with zero attached hydrogens (tertiary/aromatic N) is 2. The van der Waals surface area contributed by atoms with Crippen LogP contribution in [-0.2, 0) is 10.0 Å². The Balaban J connectivity index is 0.00000161. The van der Waals surface area contributed by atoms with Gasteiger partial charge in [-0.3, -0.25) is 0 Å². The molecule has 0 bridgehead atoms. The first-order valence-electron chi connectivity index (χ1n) is 8.08. The van der Waals surface area contributed by atoms with Gasteiger partial charge in [0.25, 0.3) is 0 Å². The molecule has 3 aliphatic heterocycles. The summed E-state index contributed by atoms with van der Waals surface area (Å²) in [5, 5.41) is 3.29. The SMILES string of the molecule is Cl.O=S(=O)(C1CCN(CC2CCCNC2)C1)N1CCCC1. The lowest BCUT2D eigenvalue weighted by Crippen LogP contribution is -2.40. The van der Waals surface area contributed by atoms with Crippen LogP contribution in [0.2, 0.25) is 0 Å². The van der Waals surface area contributed by atoms with Gasteiger partial charge in [0, 0.05) is 26.2 Å². The lowest BCUT2D eigenvalue weighted by atomic mass is 9.99. The second kappa shape index (κ2) is 7.59. The van der Waals surface area contributed by atoms with Gasteiger partial charge in [0.15, 0.2) is 0 Å². The highest BCUT2D eigenvalue weighted by molar-refractivity contribution is 7.89. The van der Waals surface area contributed by atoms with E-state index in [9.17, 15) is 8.42 Å². The smallest absolute Gasteiger partial charge is 0.218 e. The third kappa shape index (κ3) is 4.10. The fraction of sp³-hybridized carbons (Fsp3) is 1.00. The minimum atomic E-state index is -3.04. The number of hydrogen-bond donors (Lipinski definition) is 1. The zero-order chi connectivity index (χ0) is 14.0. The summed E-state index contributed by atoms with van der Waals surface area (Å²) in [5.41, 5.74) is 0. The van der Waals surface area contributed by atoms with E-state index in [0.717, 1.165) is 65.1 Å². The van der Waals surface area contributed by atoms with E-state index in [1.165, 1.54) is 12.8 Å². The molecule has 3 rings (SSSR count). The molecule has 124 valence electrons. The standard InChI is InChI=1S/C14H27N3O2S.ClH/c18-20(19,17-7-1-2-8-17)14-5-9-16(12-14)11-13-4-3-6-15-10-13;/h13-15H,1-12H2;1H. The monoisotopic (exact) mass is 337 g/mol. The molecular weight excluding hydrogens is 310 g/mol. The second-order valence-electron chi connectivity index (χ2n) is 6.53. The van der Waals surface area contributed by atoms with E-state index in [4.69, 9.17) is 0 Å². The van der Waals surface area contributed by atoms with Crippen molar-refractivity contribution in [2.45, 2.75) is 37.4 Å². The van der Waals surface area contributed by atoms with Gasteiger partial charge in [-0.1, -0.05) is 0 Å². The molecule has 3 heterocycles. The summed E-state index contributed by atoms with van der Waals surface area (Å²) in [6.45, 7) is 6.49. The summed E-state index contributed by atoms with van der Waals surface area (Å²) in [4.78, 5) is 2.37. The molecule has 3 aliphatic rings. The van der Waals surface area contributed by atoms with E-state index in [1.807, 2.05) is 0 Å². The number of piperidine rings is 1. The molecule has 3 saturated heterocycles. The Bertz CT molecular complexity index is 420. The molecule has 2 atom stereocenters. The van der Waals surface area contributed by atoms with E-state index in [0.29, 0.717) is 5.92 Å². The van der Waals surface area contributed by atoms with Crippen molar-refractivity contribution in [2.24, 2.45) is 5.92 Å². The number of hydrogen-bond acceptors (Lipinski definition) is 4. The van der Waals surface area contributed by atoms with Crippen LogP contribution in [0.3, 0.4) is 0 Å². The Morgan fingerprint density at radius 1 is 1.05 bits per heavy atom. The first-order chi connectivity index (χ1) is 9.66. The predicted octanol–water partition coefficient (Wildman–Crippen LogP) is 0.908. The van der Waals surface area contributed by atoms with Crippen LogP contribution in [0.25, 0.3) is 0 Å². The Morgan fingerprint density at radius 2 is 1.81 bits per heavy atom. The Labute approximate surface area is 134 Å². The molecule has 0 aromatic heterocycles. The zero-order valence-corrected chi connectivity index (χ0v) is 14.3. The molecular formula is C14H28ClN3O2S. The quantitative estimate of drug-likeness (QED) is 0.828. The molecule has 2 unspecified atom stereocenters. The van der Waals surface area contributed by atoms with E-state index in [-0.39, 0.29) is 17.7 Å². The van der Waals surface area contributed by atoms with Crippen LogP contribution in [-0.4, -0.2) is 68.7 Å². The maximum Gasteiger partial charge on any atom is 0.218 e. The normalized spacial score (nSPS) is 32.2. The van der Waals surface area contributed by atoms with Crippen LogP contribution >= 0.6 is 12.4 Å². The van der Waals surface area contributed by atoms with E-state index >= 15 is 0 Å². The molecule has 0 spiro atoms. The number of likely N-dealkylation sites (tertiary alicyclic amines) is 1. The minimum absolute atomic E-state index is 0. The van der Waals surface area contributed by atoms with Gasteiger partial charge < -0.3 is 10.2 Å². The zero-order valence-electron chi connectivity index (χ0n) is 12.7. The van der Waals surface area contributed by atoms with Gasteiger partial charge in [0.1, 0.15) is 0 Å². The van der Waals surface area contributed by atoms with Crippen molar-refractivity contribution in [2.75, 3.05) is 45.8 Å². The largest absolute Gasteiger partial charge is 0.316 e. The average molecular weight is 338 g/mol. The van der Waals surface area contributed by atoms with Gasteiger partial charge in [0.05, 0.1) is 5.25 Å². The summed E-state index contributed by atoms with van der Waals surface area (Å²) in [6.07, 6.45) is 5.42. The number of sulfonamides is 1. The van der Waals surface area contributed by atoms with Gasteiger partial charge in [-0.15, -0.1) is 12.4 Å². The van der Waals surface area contributed by atoms with Gasteiger partial charge >= 0.3 is 0 Å². The predicted molar refractivity (Wildman–Crippen MR) is 87.4 cm³/mol. The highest BCUT2D eigenvalue weighted by Crippen LogP contribution is 2.25. The lowest BCUT2D eigenvalue weighted by Gasteiger charge is -2.27. The van der Waals surface area contributed by atoms with Crippen molar-refractivity contribution >= 4 is 22.4 Å². The molecule has 5 nitrogen and oxygen atoms in total. The molecule has 0 saturated carbocycles. The third-order valence-electron chi connectivity index (χ3n) is 4.99. The topological polar surface area (TPSA) is 52.7 Å². The fourth-order valence-corrected chi connectivity index (χ4v) is 5.80. The average Bonchev–Trinajstić information content (AvgIpc) is 3.11. The van der Waals surface area contributed by atoms with Crippen molar-refractivity contribution in [1.29, 1.82) is 0 Å². The van der Waals surface area contributed by atoms with Gasteiger partial charge in [-0.2, -0.15) is 0 Å². The molecule has 1 N–H and O–H groups in total. The highest BCUT2D eigenvalue weighted by Gasteiger charge is 2.38. The summed E-state index contributed by atoms with van der Waals surface area (Å²) >= 11 is 0. The summed E-state index contributed by atoms with van der Waals surface area (Å²) in [7, 11) is -3.04. The van der Waals surface area contributed by atoms with E-state index in [2.05, 4.69) is 10.2 Å². The molecule has 0 radical (unpaired) electrons. The van der Waals surface area contributed by atoms with E-state index < -0.39 is 10.0 Å². The van der Waals surface area contributed by atoms with Crippen LogP contribution in [0.5, 0.6) is 0 Å². The molecule has 7 heteroatoms. The molecule has 0 aliphatic carbocycles.